The Morgan fingerprint density at radius 3 is 2.89 bits per heavy atom. The third kappa shape index (κ3) is 2.57. The summed E-state index contributed by atoms with van der Waals surface area (Å²) in [6.07, 6.45) is 3.22. The second kappa shape index (κ2) is 6.03. The third-order valence-electron chi connectivity index (χ3n) is 3.41. The lowest BCUT2D eigenvalue weighted by atomic mass is 10.1. The Balaban J connectivity index is 2.38. The van der Waals surface area contributed by atoms with Crippen LogP contribution in [-0.4, -0.2) is 25.3 Å². The van der Waals surface area contributed by atoms with Crippen molar-refractivity contribution in [2.24, 2.45) is 0 Å². The van der Waals surface area contributed by atoms with Gasteiger partial charge < -0.3 is 14.6 Å². The summed E-state index contributed by atoms with van der Waals surface area (Å²) in [5, 5.41) is 4.55. The van der Waals surface area contributed by atoms with Crippen molar-refractivity contribution < 1.29 is 4.74 Å². The van der Waals surface area contributed by atoms with Gasteiger partial charge in [0.05, 0.1) is 5.52 Å². The van der Waals surface area contributed by atoms with Gasteiger partial charge in [-0.3, -0.25) is 0 Å². The minimum absolute atomic E-state index is 0.459. The predicted molar refractivity (Wildman–Crippen MR) is 75.9 cm³/mol. The monoisotopic (exact) mass is 246 g/mol. The molecule has 1 aromatic heterocycles. The largest absolute Gasteiger partial charge is 0.385 e. The Labute approximate surface area is 109 Å². The number of benzene rings is 1. The molecule has 2 aromatic rings. The van der Waals surface area contributed by atoms with E-state index in [1.54, 1.807) is 7.11 Å². The minimum Gasteiger partial charge on any atom is -0.385 e. The molecule has 0 spiro atoms. The summed E-state index contributed by atoms with van der Waals surface area (Å²) in [4.78, 5) is 0. The van der Waals surface area contributed by atoms with Crippen LogP contribution in [-0.2, 0) is 11.3 Å². The molecular formula is C15H22N2O. The van der Waals surface area contributed by atoms with Crippen molar-refractivity contribution in [1.29, 1.82) is 0 Å². The lowest BCUT2D eigenvalue weighted by Gasteiger charge is -2.17. The van der Waals surface area contributed by atoms with Crippen LogP contribution >= 0.6 is 0 Å². The van der Waals surface area contributed by atoms with Crippen molar-refractivity contribution >= 4 is 10.9 Å². The maximum Gasteiger partial charge on any atom is 0.0528 e. The molecule has 1 unspecified atom stereocenters. The van der Waals surface area contributed by atoms with Gasteiger partial charge in [0, 0.05) is 32.5 Å². The Kier molecular flexibility index (Phi) is 4.39. The SMILES string of the molecule is CNCc1cccc2ccn(C(C)CCOC)c12. The van der Waals surface area contributed by atoms with Gasteiger partial charge in [-0.15, -0.1) is 0 Å². The molecule has 1 heterocycles. The number of aromatic nitrogens is 1. The molecule has 98 valence electrons. The molecule has 3 heteroatoms. The van der Waals surface area contributed by atoms with E-state index in [0.717, 1.165) is 19.6 Å². The third-order valence-corrected chi connectivity index (χ3v) is 3.41. The van der Waals surface area contributed by atoms with Crippen LogP contribution in [0.15, 0.2) is 30.5 Å². The molecule has 0 bridgehead atoms. The molecule has 1 aromatic carbocycles. The molecule has 0 saturated carbocycles. The van der Waals surface area contributed by atoms with Crippen molar-refractivity contribution in [2.75, 3.05) is 20.8 Å². The first kappa shape index (κ1) is 13.1. The molecule has 0 aliphatic rings. The van der Waals surface area contributed by atoms with Crippen LogP contribution in [0.1, 0.15) is 24.9 Å². The highest BCUT2D eigenvalue weighted by atomic mass is 16.5. The Hall–Kier alpha value is -1.32. The number of nitrogens with one attached hydrogen (secondary N) is 1. The summed E-state index contributed by atoms with van der Waals surface area (Å²) in [5.74, 6) is 0. The predicted octanol–water partition coefficient (Wildman–Crippen LogP) is 2.96. The number of para-hydroxylation sites is 1. The van der Waals surface area contributed by atoms with E-state index in [-0.39, 0.29) is 0 Å². The number of rotatable bonds is 6. The van der Waals surface area contributed by atoms with E-state index in [9.17, 15) is 0 Å². The fourth-order valence-corrected chi connectivity index (χ4v) is 2.42. The van der Waals surface area contributed by atoms with E-state index < -0.39 is 0 Å². The van der Waals surface area contributed by atoms with Gasteiger partial charge in [-0.2, -0.15) is 0 Å². The van der Waals surface area contributed by atoms with E-state index in [0.29, 0.717) is 6.04 Å². The van der Waals surface area contributed by atoms with E-state index in [1.165, 1.54) is 16.5 Å². The van der Waals surface area contributed by atoms with E-state index in [1.807, 2.05) is 7.05 Å². The first-order valence-corrected chi connectivity index (χ1v) is 6.50. The Morgan fingerprint density at radius 1 is 1.33 bits per heavy atom. The molecule has 3 nitrogen and oxygen atoms in total. The van der Waals surface area contributed by atoms with Gasteiger partial charge >= 0.3 is 0 Å². The maximum absolute atomic E-state index is 5.17. The summed E-state index contributed by atoms with van der Waals surface area (Å²) < 4.78 is 7.54. The second-order valence-corrected chi connectivity index (χ2v) is 4.74. The van der Waals surface area contributed by atoms with Crippen LogP contribution in [0.5, 0.6) is 0 Å². The summed E-state index contributed by atoms with van der Waals surface area (Å²) in [6.45, 7) is 3.95. The quantitative estimate of drug-likeness (QED) is 0.848. The zero-order valence-electron chi connectivity index (χ0n) is 11.4. The molecule has 0 fully saturated rings. The van der Waals surface area contributed by atoms with Crippen LogP contribution < -0.4 is 5.32 Å². The molecule has 0 aliphatic carbocycles. The molecule has 0 aliphatic heterocycles. The van der Waals surface area contributed by atoms with E-state index >= 15 is 0 Å². The van der Waals surface area contributed by atoms with Gasteiger partial charge in [-0.25, -0.2) is 0 Å². The molecule has 1 atom stereocenters. The van der Waals surface area contributed by atoms with Crippen LogP contribution in [0.2, 0.25) is 0 Å². The zero-order chi connectivity index (χ0) is 13.0. The number of methoxy groups -OCH3 is 1. The van der Waals surface area contributed by atoms with Gasteiger partial charge in [0.15, 0.2) is 0 Å². The maximum atomic E-state index is 5.17. The van der Waals surface area contributed by atoms with Crippen LogP contribution in [0.3, 0.4) is 0 Å². The highest BCUT2D eigenvalue weighted by Gasteiger charge is 2.10. The molecule has 18 heavy (non-hydrogen) atoms. The Bertz CT molecular complexity index is 504. The van der Waals surface area contributed by atoms with Gasteiger partial charge in [-0.1, -0.05) is 18.2 Å². The van der Waals surface area contributed by atoms with Gasteiger partial charge in [0.1, 0.15) is 0 Å². The normalized spacial score (nSPS) is 13.1. The lowest BCUT2D eigenvalue weighted by molar-refractivity contribution is 0.181. The van der Waals surface area contributed by atoms with Crippen molar-refractivity contribution in [3.05, 3.63) is 36.0 Å². The molecule has 0 radical (unpaired) electrons. The zero-order valence-corrected chi connectivity index (χ0v) is 11.4. The number of ether oxygens (including phenoxy) is 1. The fourth-order valence-electron chi connectivity index (χ4n) is 2.42. The van der Waals surface area contributed by atoms with Crippen LogP contribution in [0.4, 0.5) is 0 Å². The van der Waals surface area contributed by atoms with Crippen LogP contribution in [0, 0.1) is 0 Å². The minimum atomic E-state index is 0.459. The smallest absolute Gasteiger partial charge is 0.0528 e. The van der Waals surface area contributed by atoms with Gasteiger partial charge in [0.25, 0.3) is 0 Å². The van der Waals surface area contributed by atoms with Crippen molar-refractivity contribution in [2.45, 2.75) is 25.9 Å². The number of hydrogen-bond acceptors (Lipinski definition) is 2. The molecular weight excluding hydrogens is 224 g/mol. The number of hydrogen-bond donors (Lipinski definition) is 1. The summed E-state index contributed by atoms with van der Waals surface area (Å²) in [7, 11) is 3.74. The summed E-state index contributed by atoms with van der Waals surface area (Å²) in [6, 6.07) is 9.14. The highest BCUT2D eigenvalue weighted by Crippen LogP contribution is 2.25. The summed E-state index contributed by atoms with van der Waals surface area (Å²) >= 11 is 0. The molecule has 1 N–H and O–H groups in total. The van der Waals surface area contributed by atoms with Gasteiger partial charge in [0.2, 0.25) is 0 Å². The highest BCUT2D eigenvalue weighted by molar-refractivity contribution is 5.83. The number of nitrogens with zero attached hydrogens (tertiary/aromatic N) is 1. The van der Waals surface area contributed by atoms with E-state index in [2.05, 4.69) is 47.3 Å². The number of fused-ring (bicyclic) bond motifs is 1. The van der Waals surface area contributed by atoms with Crippen LogP contribution in [0.25, 0.3) is 10.9 Å². The van der Waals surface area contributed by atoms with Crippen molar-refractivity contribution in [1.82, 2.24) is 9.88 Å². The molecule has 0 amide bonds. The molecule has 0 saturated heterocycles. The van der Waals surface area contributed by atoms with Gasteiger partial charge in [-0.05, 0) is 37.4 Å². The summed E-state index contributed by atoms with van der Waals surface area (Å²) in [5.41, 5.74) is 2.69. The lowest BCUT2D eigenvalue weighted by Crippen LogP contribution is -2.10. The van der Waals surface area contributed by atoms with Crippen molar-refractivity contribution in [3.63, 3.8) is 0 Å². The van der Waals surface area contributed by atoms with E-state index in [4.69, 9.17) is 4.74 Å². The molecule has 2 rings (SSSR count). The second-order valence-electron chi connectivity index (χ2n) is 4.74. The first-order chi connectivity index (χ1) is 8.77. The standard InChI is InChI=1S/C15H22N2O/c1-12(8-10-18-3)17-9-7-13-5-4-6-14(11-16-2)15(13)17/h4-7,9,12,16H,8,10-11H2,1-3H3. The average Bonchev–Trinajstić information content (AvgIpc) is 2.81. The first-order valence-electron chi connectivity index (χ1n) is 6.50. The Morgan fingerprint density at radius 2 is 2.17 bits per heavy atom. The topological polar surface area (TPSA) is 26.2 Å². The van der Waals surface area contributed by atoms with Crippen molar-refractivity contribution in [3.8, 4) is 0 Å². The fraction of sp³-hybridized carbons (Fsp3) is 0.467. The average molecular weight is 246 g/mol.